The minimum absolute atomic E-state index is 0.0572. The lowest BCUT2D eigenvalue weighted by atomic mass is 10.3. The fourth-order valence-electron chi connectivity index (χ4n) is 1.13. The molecule has 0 saturated carbocycles. The maximum atomic E-state index is 11.8. The van der Waals surface area contributed by atoms with Crippen molar-refractivity contribution in [1.82, 2.24) is 0 Å². The van der Waals surface area contributed by atoms with Crippen molar-refractivity contribution in [3.8, 4) is 0 Å². The van der Waals surface area contributed by atoms with Crippen molar-refractivity contribution < 1.29 is 13.5 Å². The van der Waals surface area contributed by atoms with Crippen molar-refractivity contribution >= 4 is 11.8 Å². The monoisotopic (exact) mass is 182 g/mol. The Morgan fingerprint density at radius 3 is 2.82 bits per heavy atom. The first kappa shape index (κ1) is 9.26. The number of halogens is 2. The predicted molar refractivity (Wildman–Crippen MR) is 42.3 cm³/mol. The molecule has 0 N–H and O–H groups in total. The lowest BCUT2D eigenvalue weighted by molar-refractivity contribution is 0.127. The maximum Gasteiger partial charge on any atom is 0.247 e. The average Bonchev–Trinajstić information content (AvgIpc) is 2.31. The Morgan fingerprint density at radius 1 is 1.64 bits per heavy atom. The smallest absolute Gasteiger partial charge is 0.247 e. The average molecular weight is 182 g/mol. The second-order valence-electron chi connectivity index (χ2n) is 2.63. The molecule has 0 aliphatic carbocycles. The standard InChI is InChI=1S/C7H12F2OS/c1-5-6(2-3-10-5)11-4-7(8)9/h5-7H,2-4H2,1H3. The van der Waals surface area contributed by atoms with Crippen LogP contribution in [0.1, 0.15) is 13.3 Å². The summed E-state index contributed by atoms with van der Waals surface area (Å²) in [7, 11) is 0. The molecule has 2 unspecified atom stereocenters. The van der Waals surface area contributed by atoms with Crippen LogP contribution in [0.4, 0.5) is 8.78 Å². The van der Waals surface area contributed by atoms with Gasteiger partial charge in [-0.25, -0.2) is 8.78 Å². The molecule has 0 amide bonds. The lowest BCUT2D eigenvalue weighted by Gasteiger charge is -2.12. The highest BCUT2D eigenvalue weighted by Gasteiger charge is 2.25. The van der Waals surface area contributed by atoms with Crippen LogP contribution in [-0.4, -0.2) is 30.1 Å². The molecule has 1 nitrogen and oxygen atoms in total. The van der Waals surface area contributed by atoms with E-state index in [1.807, 2.05) is 6.92 Å². The second-order valence-corrected chi connectivity index (χ2v) is 3.90. The van der Waals surface area contributed by atoms with E-state index >= 15 is 0 Å². The molecule has 0 aromatic rings. The number of hydrogen-bond donors (Lipinski definition) is 0. The summed E-state index contributed by atoms with van der Waals surface area (Å²) in [6, 6.07) is 0. The molecule has 1 saturated heterocycles. The van der Waals surface area contributed by atoms with Crippen LogP contribution in [0.15, 0.2) is 0 Å². The van der Waals surface area contributed by atoms with Crippen LogP contribution >= 0.6 is 11.8 Å². The first-order chi connectivity index (χ1) is 5.20. The number of alkyl halides is 2. The summed E-state index contributed by atoms with van der Waals surface area (Å²) in [5.74, 6) is -0.0572. The van der Waals surface area contributed by atoms with Crippen LogP contribution in [0.25, 0.3) is 0 Å². The van der Waals surface area contributed by atoms with Crippen LogP contribution in [-0.2, 0) is 4.74 Å². The van der Waals surface area contributed by atoms with E-state index in [9.17, 15) is 8.78 Å². The molecule has 0 bridgehead atoms. The van der Waals surface area contributed by atoms with E-state index in [0.29, 0.717) is 0 Å². The quantitative estimate of drug-likeness (QED) is 0.661. The highest BCUT2D eigenvalue weighted by atomic mass is 32.2. The number of ether oxygens (including phenoxy) is 1. The molecule has 1 rings (SSSR count). The van der Waals surface area contributed by atoms with Crippen molar-refractivity contribution in [1.29, 1.82) is 0 Å². The number of thioether (sulfide) groups is 1. The molecule has 0 radical (unpaired) electrons. The van der Waals surface area contributed by atoms with Gasteiger partial charge in [0, 0.05) is 11.9 Å². The van der Waals surface area contributed by atoms with E-state index in [4.69, 9.17) is 4.74 Å². The van der Waals surface area contributed by atoms with Gasteiger partial charge in [0.25, 0.3) is 0 Å². The van der Waals surface area contributed by atoms with Gasteiger partial charge in [-0.1, -0.05) is 0 Å². The molecular weight excluding hydrogens is 170 g/mol. The summed E-state index contributed by atoms with van der Waals surface area (Å²) in [6.07, 6.45) is -1.12. The predicted octanol–water partition coefficient (Wildman–Crippen LogP) is 2.16. The molecule has 0 aromatic carbocycles. The Bertz CT molecular complexity index is 121. The van der Waals surface area contributed by atoms with E-state index in [1.54, 1.807) is 0 Å². The molecule has 1 fully saturated rings. The van der Waals surface area contributed by atoms with E-state index < -0.39 is 6.43 Å². The van der Waals surface area contributed by atoms with Crippen molar-refractivity contribution in [3.63, 3.8) is 0 Å². The van der Waals surface area contributed by atoms with Gasteiger partial charge in [-0.3, -0.25) is 0 Å². The Labute approximate surface area is 69.5 Å². The van der Waals surface area contributed by atoms with Crippen molar-refractivity contribution in [2.45, 2.75) is 31.1 Å². The summed E-state index contributed by atoms with van der Waals surface area (Å²) in [5.41, 5.74) is 0. The molecule has 1 heterocycles. The molecule has 1 aliphatic heterocycles. The Kier molecular flexibility index (Phi) is 3.59. The van der Waals surface area contributed by atoms with E-state index in [0.717, 1.165) is 13.0 Å². The van der Waals surface area contributed by atoms with Gasteiger partial charge in [0.05, 0.1) is 11.9 Å². The Morgan fingerprint density at radius 2 is 2.36 bits per heavy atom. The topological polar surface area (TPSA) is 9.23 Å². The first-order valence-corrected chi connectivity index (χ1v) is 4.76. The normalized spacial score (nSPS) is 31.6. The fourth-order valence-corrected chi connectivity index (χ4v) is 2.13. The molecular formula is C7H12F2OS. The van der Waals surface area contributed by atoms with Gasteiger partial charge in [0.15, 0.2) is 0 Å². The van der Waals surface area contributed by atoms with Gasteiger partial charge in [-0.15, -0.1) is 11.8 Å². The van der Waals surface area contributed by atoms with Crippen molar-refractivity contribution in [2.24, 2.45) is 0 Å². The zero-order valence-corrected chi connectivity index (χ0v) is 7.24. The van der Waals surface area contributed by atoms with Crippen LogP contribution in [0.5, 0.6) is 0 Å². The molecule has 4 heteroatoms. The van der Waals surface area contributed by atoms with Gasteiger partial charge < -0.3 is 4.74 Å². The summed E-state index contributed by atoms with van der Waals surface area (Å²) in [4.78, 5) is 0. The maximum absolute atomic E-state index is 11.8. The molecule has 0 aromatic heterocycles. The zero-order valence-electron chi connectivity index (χ0n) is 6.43. The molecule has 1 aliphatic rings. The highest BCUT2D eigenvalue weighted by molar-refractivity contribution is 8.00. The molecule has 2 atom stereocenters. The SMILES string of the molecule is CC1OCCC1SCC(F)F. The highest BCUT2D eigenvalue weighted by Crippen LogP contribution is 2.27. The van der Waals surface area contributed by atoms with Gasteiger partial charge in [-0.2, -0.15) is 0 Å². The van der Waals surface area contributed by atoms with Gasteiger partial charge in [0.2, 0.25) is 6.43 Å². The number of rotatable bonds is 3. The Hall–Kier alpha value is 0.170. The van der Waals surface area contributed by atoms with E-state index in [-0.39, 0.29) is 17.1 Å². The largest absolute Gasteiger partial charge is 0.377 e. The lowest BCUT2D eigenvalue weighted by Crippen LogP contribution is -2.15. The van der Waals surface area contributed by atoms with Crippen LogP contribution in [0.2, 0.25) is 0 Å². The molecule has 0 spiro atoms. The summed E-state index contributed by atoms with van der Waals surface area (Å²) in [5, 5.41) is 0.281. The number of hydrogen-bond acceptors (Lipinski definition) is 2. The van der Waals surface area contributed by atoms with E-state index in [1.165, 1.54) is 11.8 Å². The van der Waals surface area contributed by atoms with Crippen LogP contribution in [0, 0.1) is 0 Å². The summed E-state index contributed by atoms with van der Waals surface area (Å²) in [6.45, 7) is 2.66. The minimum Gasteiger partial charge on any atom is -0.377 e. The third-order valence-corrected chi connectivity index (χ3v) is 3.23. The van der Waals surface area contributed by atoms with Crippen LogP contribution in [0.3, 0.4) is 0 Å². The van der Waals surface area contributed by atoms with Crippen LogP contribution < -0.4 is 0 Å². The fraction of sp³-hybridized carbons (Fsp3) is 1.00. The summed E-state index contributed by atoms with van der Waals surface area (Å²) < 4.78 is 28.7. The third-order valence-electron chi connectivity index (χ3n) is 1.74. The second kappa shape index (κ2) is 4.26. The molecule has 66 valence electrons. The van der Waals surface area contributed by atoms with Gasteiger partial charge in [0.1, 0.15) is 0 Å². The van der Waals surface area contributed by atoms with Gasteiger partial charge in [-0.05, 0) is 13.3 Å². The minimum atomic E-state index is -2.19. The summed E-state index contributed by atoms with van der Waals surface area (Å²) >= 11 is 1.33. The van der Waals surface area contributed by atoms with E-state index in [2.05, 4.69) is 0 Å². The van der Waals surface area contributed by atoms with Crippen molar-refractivity contribution in [2.75, 3.05) is 12.4 Å². The Balaban J connectivity index is 2.15. The first-order valence-electron chi connectivity index (χ1n) is 3.71. The molecule has 11 heavy (non-hydrogen) atoms. The van der Waals surface area contributed by atoms with Crippen molar-refractivity contribution in [3.05, 3.63) is 0 Å². The third kappa shape index (κ3) is 2.95. The zero-order chi connectivity index (χ0) is 8.27. The van der Waals surface area contributed by atoms with Gasteiger partial charge >= 0.3 is 0 Å².